The number of hydrogen-bond donors (Lipinski definition) is 0. The van der Waals surface area contributed by atoms with E-state index in [1.807, 2.05) is 60.7 Å². The molecule has 139 heavy (non-hydrogen) atoms. The van der Waals surface area contributed by atoms with Crippen molar-refractivity contribution in [3.05, 3.63) is 473 Å². The third kappa shape index (κ3) is 19.1. The van der Waals surface area contributed by atoms with Gasteiger partial charge >= 0.3 is 42.4 Å². The Kier molecular flexibility index (Phi) is 33.2. The molecule has 0 aliphatic rings. The van der Waals surface area contributed by atoms with Gasteiger partial charge in [-0.05, 0) is 90.5 Å². The summed E-state index contributed by atoms with van der Waals surface area (Å²) in [6.45, 7) is 23.2. The molecule has 0 spiro atoms. The van der Waals surface area contributed by atoms with E-state index in [9.17, 15) is 0 Å². The minimum atomic E-state index is -6.71. The maximum absolute atomic E-state index is 16.1. The van der Waals surface area contributed by atoms with Gasteiger partial charge in [-0.15, -0.1) is 43.7 Å². The van der Waals surface area contributed by atoms with Crippen molar-refractivity contribution in [1.82, 2.24) is 0 Å². The van der Waals surface area contributed by atoms with E-state index in [0.717, 1.165) is 17.2 Å². The van der Waals surface area contributed by atoms with Gasteiger partial charge in [-0.3, -0.25) is 0 Å². The second-order valence-electron chi connectivity index (χ2n) is 28.9. The molecule has 0 bridgehead atoms. The van der Waals surface area contributed by atoms with Crippen LogP contribution in [0, 0.1) is 200 Å². The molecule has 0 aliphatic carbocycles. The molecule has 2 nitrogen and oxygen atoms in total. The van der Waals surface area contributed by atoms with Crippen LogP contribution in [0.25, 0.3) is 48.6 Å². The van der Waals surface area contributed by atoms with Gasteiger partial charge in [0, 0.05) is 0 Å². The number of ether oxygens (including phenoxy) is 2. The van der Waals surface area contributed by atoms with E-state index in [0.29, 0.717) is 6.61 Å². The molecule has 0 fully saturated rings. The first-order valence-electron chi connectivity index (χ1n) is 39.2. The molecular weight excluding hydrogens is 2130 g/mol. The van der Waals surface area contributed by atoms with Crippen LogP contribution >= 0.6 is 0 Å². The van der Waals surface area contributed by atoms with Crippen LogP contribution in [-0.2, 0) is 6.61 Å². The van der Waals surface area contributed by atoms with E-state index < -0.39 is 287 Å². The van der Waals surface area contributed by atoms with Gasteiger partial charge in [0.05, 0.1) is 44.5 Å². The molecule has 14 rings (SSSR count). The van der Waals surface area contributed by atoms with Gasteiger partial charge in [0.1, 0.15) is 129 Å². The van der Waals surface area contributed by atoms with Crippen molar-refractivity contribution in [2.24, 2.45) is 0 Å². The van der Waals surface area contributed by atoms with E-state index in [1.54, 1.807) is 0 Å². The van der Waals surface area contributed by atoms with Crippen molar-refractivity contribution in [2.45, 2.75) is 6.61 Å². The summed E-state index contributed by atoms with van der Waals surface area (Å²) >= 11 is -0.194. The molecule has 714 valence electrons. The Balaban J connectivity index is 0.000000191. The summed E-state index contributed by atoms with van der Waals surface area (Å²) in [5.74, 6) is -92.3. The normalized spacial score (nSPS) is 11.2. The molecule has 14 aromatic rings. The first-order valence-corrected chi connectivity index (χ1v) is 43.5. The Bertz CT molecular complexity index is 6060. The van der Waals surface area contributed by atoms with Crippen LogP contribution in [0.2, 0.25) is 0 Å². The zero-order valence-electron chi connectivity index (χ0n) is 70.0. The molecule has 0 radical (unpaired) electrons. The highest BCUT2D eigenvalue weighted by Crippen LogP contribution is 2.37. The summed E-state index contributed by atoms with van der Waals surface area (Å²) in [6, 6.07) is 58.4. The Morgan fingerprint density at radius 2 is 0.331 bits per heavy atom. The van der Waals surface area contributed by atoms with Gasteiger partial charge in [-0.25, -0.2) is 140 Å². The summed E-state index contributed by atoms with van der Waals surface area (Å²) < 4.78 is 520. The quantitative estimate of drug-likeness (QED) is 0.0246. The monoisotopic (exact) mass is 2180 g/mol. The molecule has 38 heteroatoms. The second-order valence-corrected chi connectivity index (χ2v) is 35.0. The Morgan fingerprint density at radius 3 is 0.511 bits per heavy atom. The van der Waals surface area contributed by atoms with Crippen molar-refractivity contribution < 1.29 is 192 Å². The lowest BCUT2D eigenvalue weighted by Crippen LogP contribution is -3.61. The summed E-state index contributed by atoms with van der Waals surface area (Å²) in [7, 11) is 0. The molecule has 0 atom stereocenters. The second kappa shape index (κ2) is 43.7. The highest BCUT2D eigenvalue weighted by atomic mass is 127. The van der Waals surface area contributed by atoms with Crippen molar-refractivity contribution in [3.63, 3.8) is 0 Å². The number of halogens is 34. The fraction of sp³-hybridized carbons (Fsp3) is 0.00990. The molecule has 0 amide bonds. The molecular formula is C101H54B2F32I2O2. The summed E-state index contributed by atoms with van der Waals surface area (Å²) in [5, 5.41) is 0. The SMILES string of the molecule is C=Cc1c(F)c(F)c([B-](c2c(F)c(F)c(C=C)c(F)c2F)(c2c(F)c(F)c(C=C)c(F)c2F)c2c(F)c(F)c(C=C)c(F)c2F)c(F)c1F.C=Cc1c(F)c(F)c([B-](c2c(F)c(F)c(C=C)c(F)c2F)(c2c(F)c(F)c(C=C)c(F)c2F)c2c(F)c(F)c(C=C)c(F)c2F)c(F)c1F.c1ccc(COc2ccc([I+]c3ccccc3)cc2)cc1.c1ccc(Oc2ccc([I+]c3ccccc3)cc2)cc1. The fourth-order valence-electron chi connectivity index (χ4n) is 15.3. The Morgan fingerprint density at radius 1 is 0.180 bits per heavy atom. The van der Waals surface area contributed by atoms with Crippen LogP contribution in [0.5, 0.6) is 17.2 Å². The van der Waals surface area contributed by atoms with Crippen LogP contribution in [-0.4, -0.2) is 12.3 Å². The zero-order chi connectivity index (χ0) is 102. The first-order chi connectivity index (χ1) is 66.0. The van der Waals surface area contributed by atoms with Crippen molar-refractivity contribution in [2.75, 3.05) is 0 Å². The van der Waals surface area contributed by atoms with Gasteiger partial charge in [0.25, 0.3) is 0 Å². The predicted octanol–water partition coefficient (Wildman–Crippen LogP) is 18.7. The lowest BCUT2D eigenvalue weighted by molar-refractivity contribution is -0.597. The zero-order valence-corrected chi connectivity index (χ0v) is 74.3. The number of benzene rings is 14. The predicted molar refractivity (Wildman–Crippen MR) is 457 cm³/mol. The third-order valence-corrected chi connectivity index (χ3v) is 26.9. The average Bonchev–Trinajstić information content (AvgIpc) is 0.682. The van der Waals surface area contributed by atoms with Crippen molar-refractivity contribution in [3.8, 4) is 17.2 Å². The van der Waals surface area contributed by atoms with Gasteiger partial charge < -0.3 is 9.47 Å². The fourth-order valence-corrected chi connectivity index (χ4v) is 19.7. The molecule has 0 saturated carbocycles. The highest BCUT2D eigenvalue weighted by Gasteiger charge is 2.55. The van der Waals surface area contributed by atoms with E-state index in [-0.39, 0.29) is 91.0 Å². The first kappa shape index (κ1) is 105. The summed E-state index contributed by atoms with van der Waals surface area (Å²) in [4.78, 5) is 0. The highest BCUT2D eigenvalue weighted by molar-refractivity contribution is 7.21. The van der Waals surface area contributed by atoms with Gasteiger partial charge in [0.15, 0.2) is 107 Å². The van der Waals surface area contributed by atoms with Crippen LogP contribution in [0.1, 0.15) is 50.1 Å². The van der Waals surface area contributed by atoms with E-state index in [2.05, 4.69) is 162 Å². The van der Waals surface area contributed by atoms with Gasteiger partial charge in [0.2, 0.25) is 0 Å². The number of hydrogen-bond acceptors (Lipinski definition) is 2. The van der Waals surface area contributed by atoms with Gasteiger partial charge in [-0.1, -0.05) is 186 Å². The van der Waals surface area contributed by atoms with Crippen LogP contribution in [0.15, 0.2) is 222 Å². The van der Waals surface area contributed by atoms with E-state index in [4.69, 9.17) is 9.47 Å². The Labute approximate surface area is 788 Å². The molecule has 0 aromatic heterocycles. The van der Waals surface area contributed by atoms with Gasteiger partial charge in [-0.2, -0.15) is 0 Å². The summed E-state index contributed by atoms with van der Waals surface area (Å²) in [5.41, 5.74) is -38.1. The molecule has 0 unspecified atom stereocenters. The largest absolute Gasteiger partial charge is 0.489 e. The molecule has 0 N–H and O–H groups in total. The van der Waals surface area contributed by atoms with E-state index >= 15 is 140 Å². The minimum absolute atomic E-state index is 0.0213. The average molecular weight is 2180 g/mol. The number of para-hydroxylation sites is 1. The van der Waals surface area contributed by atoms with Crippen molar-refractivity contribution >= 4 is 105 Å². The standard InChI is InChI=1S/2C32H12BF16.C19H16IO.C18H14IO/c2*1-5-9-17(34)25(42)13(26(43)18(9)35)33(14-27(44)19(36)10(6-2)20(37)28(14)45,15-29(46)21(38)11(7-3)22(39)30(15)47)16-31(48)23(40)12(8-4)24(41)32(16)49;1-3-7-16(8-4-1)15-21-19-13-11-18(12-14-19)20-17-9-5-2-6-10-17;1-3-7-15(8-4-1)19-16-11-13-18(14-12-16)20-17-9-5-2-6-10-17/h2*5-8H,1-4H2;1-14H,15H2;1-14H/q2*-1;2*+1. The maximum atomic E-state index is 16.1. The molecule has 14 aromatic carbocycles. The van der Waals surface area contributed by atoms with Crippen LogP contribution in [0.4, 0.5) is 140 Å². The third-order valence-electron chi connectivity index (χ3n) is 21.5. The topological polar surface area (TPSA) is 18.5 Å². The Hall–Kier alpha value is -14.1. The summed E-state index contributed by atoms with van der Waals surface area (Å²) in [6.07, 6.45) is -13.3. The number of rotatable bonds is 25. The maximum Gasteiger partial charge on any atom is 0.357 e. The molecule has 0 heterocycles. The lowest BCUT2D eigenvalue weighted by Gasteiger charge is -2.45. The minimum Gasteiger partial charge on any atom is -0.489 e. The van der Waals surface area contributed by atoms with Crippen molar-refractivity contribution in [1.29, 1.82) is 0 Å². The molecule has 0 aliphatic heterocycles. The molecule has 0 saturated heterocycles. The van der Waals surface area contributed by atoms with Crippen LogP contribution in [0.3, 0.4) is 0 Å². The van der Waals surface area contributed by atoms with Crippen LogP contribution < -0.4 is 95.6 Å². The lowest BCUT2D eigenvalue weighted by atomic mass is 9.12. The smallest absolute Gasteiger partial charge is 0.357 e. The van der Waals surface area contributed by atoms with E-state index in [1.165, 1.54) is 19.8 Å².